The van der Waals surface area contributed by atoms with Gasteiger partial charge >= 0.3 is 6.03 Å². The van der Waals surface area contributed by atoms with Gasteiger partial charge in [0.2, 0.25) is 0 Å². The fourth-order valence-electron chi connectivity index (χ4n) is 5.06. The van der Waals surface area contributed by atoms with E-state index < -0.39 is 17.5 Å². The lowest BCUT2D eigenvalue weighted by Gasteiger charge is -2.46. The van der Waals surface area contributed by atoms with E-state index in [0.717, 1.165) is 31.6 Å². The molecule has 3 amide bonds. The number of rotatable bonds is 6. The number of anilines is 1. The molecule has 0 bridgehead atoms. The number of fused-ring (bicyclic) bond motifs is 1. The molecule has 1 aromatic heterocycles. The lowest BCUT2D eigenvalue weighted by molar-refractivity contribution is 0.0298. The number of piperazine rings is 1. The molecule has 0 spiro atoms. The number of carbonyl (C=O) groups excluding carboxylic acids is 2. The maximum atomic E-state index is 14.0. The molecule has 36 heavy (non-hydrogen) atoms. The highest BCUT2D eigenvalue weighted by atomic mass is 19.1. The first kappa shape index (κ1) is 27.5. The van der Waals surface area contributed by atoms with Gasteiger partial charge in [0.15, 0.2) is 5.82 Å². The minimum Gasteiger partial charge on any atom is -0.396 e. The summed E-state index contributed by atoms with van der Waals surface area (Å²) in [4.78, 5) is 32.1. The van der Waals surface area contributed by atoms with E-state index in [-0.39, 0.29) is 56.1 Å². The first-order chi connectivity index (χ1) is 16.7. The summed E-state index contributed by atoms with van der Waals surface area (Å²) in [5.41, 5.74) is 1.07. The van der Waals surface area contributed by atoms with Gasteiger partial charge in [-0.05, 0) is 45.4 Å². The van der Waals surface area contributed by atoms with E-state index >= 15 is 0 Å². The summed E-state index contributed by atoms with van der Waals surface area (Å²) in [5, 5.41) is 19.2. The highest BCUT2D eigenvalue weighted by molar-refractivity contribution is 6.04. The average molecular weight is 507 g/mol. The molecule has 0 radical (unpaired) electrons. The molecular weight excluding hydrogens is 470 g/mol. The summed E-state index contributed by atoms with van der Waals surface area (Å²) in [6.07, 6.45) is 1.61. The van der Waals surface area contributed by atoms with Gasteiger partial charge in [-0.25, -0.2) is 13.6 Å². The van der Waals surface area contributed by atoms with Crippen LogP contribution in [0.1, 0.15) is 68.7 Å². The fourth-order valence-corrected chi connectivity index (χ4v) is 5.06. The Morgan fingerprint density at radius 2 is 1.97 bits per heavy atom. The van der Waals surface area contributed by atoms with Gasteiger partial charge in [-0.15, -0.1) is 0 Å². The standard InChI is InChI=1S/C24H32F2N6O3.CH4/c1-4-8-30-11-14(2)31(12-17(30)7-9-33)24(35)32-13-19-21(15(32)3)28-29-22(19)27-23(34)18-6-5-16(25)10-20(18)26;/h5-6,10,14-15,17,33H,4,7-9,11-13H2,1-3H3,(H2,27,28,29,34);1H4/t14-,15?,17+;/m0./s1. The van der Waals surface area contributed by atoms with Crippen LogP contribution in [-0.2, 0) is 6.54 Å². The minimum atomic E-state index is -0.964. The number of benzene rings is 1. The number of carbonyl (C=O) groups is 2. The SMILES string of the molecule is C.CCCN1C[C@H](C)N(C(=O)N2Cc3c(NC(=O)c4ccc(F)cc4F)n[nH]c3C2C)C[C@H]1CCO. The zero-order valence-corrected chi connectivity index (χ0v) is 20.2. The number of aliphatic hydroxyl groups is 1. The summed E-state index contributed by atoms with van der Waals surface area (Å²) in [6.45, 7) is 8.52. The van der Waals surface area contributed by atoms with Gasteiger partial charge in [0.25, 0.3) is 5.91 Å². The number of aliphatic hydroxyl groups excluding tert-OH is 1. The van der Waals surface area contributed by atoms with Crippen LogP contribution in [0.25, 0.3) is 0 Å². The molecule has 198 valence electrons. The predicted molar refractivity (Wildman–Crippen MR) is 133 cm³/mol. The normalized spacial score (nSPS) is 21.8. The van der Waals surface area contributed by atoms with Crippen molar-refractivity contribution in [1.82, 2.24) is 24.9 Å². The predicted octanol–water partition coefficient (Wildman–Crippen LogP) is 3.74. The van der Waals surface area contributed by atoms with Crippen molar-refractivity contribution in [2.24, 2.45) is 0 Å². The molecule has 1 aromatic carbocycles. The van der Waals surface area contributed by atoms with Gasteiger partial charge in [-0.1, -0.05) is 14.4 Å². The number of nitrogens with one attached hydrogen (secondary N) is 2. The molecule has 1 unspecified atom stereocenters. The van der Waals surface area contributed by atoms with Gasteiger partial charge < -0.3 is 20.2 Å². The third-order valence-corrected chi connectivity index (χ3v) is 6.94. The number of urea groups is 1. The quantitative estimate of drug-likeness (QED) is 0.554. The Morgan fingerprint density at radius 1 is 1.22 bits per heavy atom. The van der Waals surface area contributed by atoms with Crippen molar-refractivity contribution < 1.29 is 23.5 Å². The van der Waals surface area contributed by atoms with Crippen molar-refractivity contribution in [3.05, 3.63) is 46.7 Å². The number of nitrogens with zero attached hydrogens (tertiary/aromatic N) is 4. The monoisotopic (exact) mass is 506 g/mol. The van der Waals surface area contributed by atoms with Crippen LogP contribution in [0.5, 0.6) is 0 Å². The summed E-state index contributed by atoms with van der Waals surface area (Å²) >= 11 is 0. The van der Waals surface area contributed by atoms with E-state index in [0.29, 0.717) is 30.3 Å². The molecule has 2 aromatic rings. The third-order valence-electron chi connectivity index (χ3n) is 6.94. The Balaban J connectivity index is 0.00000361. The van der Waals surface area contributed by atoms with Gasteiger partial charge in [0.05, 0.1) is 23.8 Å². The highest BCUT2D eigenvalue weighted by Gasteiger charge is 2.41. The van der Waals surface area contributed by atoms with Gasteiger partial charge in [-0.2, -0.15) is 5.10 Å². The van der Waals surface area contributed by atoms with Crippen LogP contribution in [0.15, 0.2) is 18.2 Å². The molecule has 4 rings (SSSR count). The first-order valence-corrected chi connectivity index (χ1v) is 12.0. The molecule has 1 saturated heterocycles. The second-order valence-electron chi connectivity index (χ2n) is 9.29. The molecule has 3 atom stereocenters. The van der Waals surface area contributed by atoms with E-state index in [4.69, 9.17) is 0 Å². The Morgan fingerprint density at radius 3 is 2.64 bits per heavy atom. The van der Waals surface area contributed by atoms with Crippen molar-refractivity contribution in [2.45, 2.75) is 65.7 Å². The van der Waals surface area contributed by atoms with E-state index in [1.54, 1.807) is 4.90 Å². The van der Waals surface area contributed by atoms with Crippen LogP contribution < -0.4 is 5.32 Å². The third kappa shape index (κ3) is 5.22. The Labute approximate surface area is 210 Å². The maximum Gasteiger partial charge on any atom is 0.321 e. The van der Waals surface area contributed by atoms with Crippen molar-refractivity contribution in [3.8, 4) is 0 Å². The highest BCUT2D eigenvalue weighted by Crippen LogP contribution is 2.37. The Bertz CT molecular complexity index is 1090. The fraction of sp³-hybridized carbons (Fsp3) is 0.560. The van der Waals surface area contributed by atoms with Crippen LogP contribution in [0, 0.1) is 11.6 Å². The lowest BCUT2D eigenvalue weighted by atomic mass is 10.0. The van der Waals surface area contributed by atoms with E-state index in [1.807, 2.05) is 18.7 Å². The molecular formula is C25H36F2N6O3. The molecule has 3 heterocycles. The summed E-state index contributed by atoms with van der Waals surface area (Å²) in [5.74, 6) is -2.27. The van der Waals surface area contributed by atoms with Gasteiger partial charge in [0, 0.05) is 43.4 Å². The number of aromatic amines is 1. The number of amides is 3. The molecule has 11 heteroatoms. The number of halogens is 2. The van der Waals surface area contributed by atoms with Crippen molar-refractivity contribution in [2.75, 3.05) is 31.6 Å². The second-order valence-corrected chi connectivity index (χ2v) is 9.29. The number of hydrogen-bond acceptors (Lipinski definition) is 5. The molecule has 2 aliphatic rings. The Kier molecular flexibility index (Phi) is 8.67. The molecule has 2 aliphatic heterocycles. The van der Waals surface area contributed by atoms with Crippen LogP contribution >= 0.6 is 0 Å². The summed E-state index contributed by atoms with van der Waals surface area (Å²) in [6, 6.07) is 2.43. The molecule has 0 aliphatic carbocycles. The number of aromatic nitrogens is 2. The molecule has 9 nitrogen and oxygen atoms in total. The molecule has 1 fully saturated rings. The second kappa shape index (κ2) is 11.3. The number of hydrogen-bond donors (Lipinski definition) is 3. The largest absolute Gasteiger partial charge is 0.396 e. The van der Waals surface area contributed by atoms with Crippen LogP contribution in [0.2, 0.25) is 0 Å². The van der Waals surface area contributed by atoms with Crippen LogP contribution in [0.4, 0.5) is 19.4 Å². The smallest absolute Gasteiger partial charge is 0.321 e. The minimum absolute atomic E-state index is 0. The van der Waals surface area contributed by atoms with Crippen molar-refractivity contribution >= 4 is 17.8 Å². The zero-order chi connectivity index (χ0) is 25.3. The lowest BCUT2D eigenvalue weighted by Crippen LogP contribution is -2.61. The van der Waals surface area contributed by atoms with E-state index in [2.05, 4.69) is 27.3 Å². The average Bonchev–Trinajstić information content (AvgIpc) is 3.35. The molecule has 3 N–H and O–H groups in total. The van der Waals surface area contributed by atoms with E-state index in [1.165, 1.54) is 0 Å². The van der Waals surface area contributed by atoms with Gasteiger partial charge in [0.1, 0.15) is 11.6 Å². The first-order valence-electron chi connectivity index (χ1n) is 12.0. The van der Waals surface area contributed by atoms with Crippen molar-refractivity contribution in [1.29, 1.82) is 0 Å². The van der Waals surface area contributed by atoms with E-state index in [9.17, 15) is 23.5 Å². The van der Waals surface area contributed by atoms with Crippen LogP contribution in [-0.4, -0.2) is 80.3 Å². The maximum absolute atomic E-state index is 14.0. The summed E-state index contributed by atoms with van der Waals surface area (Å²) < 4.78 is 27.2. The van der Waals surface area contributed by atoms with Gasteiger partial charge in [-0.3, -0.25) is 14.8 Å². The topological polar surface area (TPSA) is 105 Å². The summed E-state index contributed by atoms with van der Waals surface area (Å²) in [7, 11) is 0. The molecule has 0 saturated carbocycles. The van der Waals surface area contributed by atoms with Crippen molar-refractivity contribution in [3.63, 3.8) is 0 Å². The van der Waals surface area contributed by atoms with Crippen LogP contribution in [0.3, 0.4) is 0 Å². The Hall–Kier alpha value is -3.05. The zero-order valence-electron chi connectivity index (χ0n) is 20.2. The number of H-pyrrole nitrogens is 1.